The number of aryl methyl sites for hydroxylation is 2. The molecule has 168 valence electrons. The van der Waals surface area contributed by atoms with Crippen LogP contribution in [0.15, 0.2) is 48.7 Å². The number of ether oxygens (including phenoxy) is 2. The second kappa shape index (κ2) is 9.61. The third-order valence-corrected chi connectivity index (χ3v) is 5.35. The maximum Gasteiger partial charge on any atom is 0.207 e. The lowest BCUT2D eigenvalue weighted by Gasteiger charge is -2.23. The molecule has 0 saturated heterocycles. The van der Waals surface area contributed by atoms with Crippen LogP contribution in [-0.4, -0.2) is 22.7 Å². The molecule has 0 aliphatic heterocycles. The number of carbonyl (C=O) groups is 1. The molecule has 32 heavy (non-hydrogen) atoms. The third kappa shape index (κ3) is 5.60. The molecule has 0 fully saturated rings. The number of carbonyl (C=O) groups excluding carboxylic acids is 1. The molecule has 6 heteroatoms. The van der Waals surface area contributed by atoms with Gasteiger partial charge in [-0.2, -0.15) is 5.10 Å². The van der Waals surface area contributed by atoms with E-state index in [4.69, 9.17) is 21.1 Å². The topological polar surface area (TPSA) is 53.3 Å². The Bertz CT molecular complexity index is 1160. The number of allylic oxidation sites excluding steroid dienone is 1. The Morgan fingerprint density at radius 3 is 2.53 bits per heavy atom. The van der Waals surface area contributed by atoms with Crippen LogP contribution in [0, 0.1) is 6.92 Å². The number of hydrogen-bond acceptors (Lipinski definition) is 4. The molecule has 0 unspecified atom stereocenters. The van der Waals surface area contributed by atoms with Gasteiger partial charge in [0.05, 0.1) is 12.1 Å². The van der Waals surface area contributed by atoms with Gasteiger partial charge in [0.1, 0.15) is 18.1 Å². The fourth-order valence-electron chi connectivity index (χ4n) is 3.42. The SMILES string of the molecule is COc1ccc(/C=C/C(=O)c2nn(C)cc2Cl)cc1COc1cc(C)ccc1C(C)(C)C. The van der Waals surface area contributed by atoms with Crippen molar-refractivity contribution in [1.82, 2.24) is 9.78 Å². The minimum atomic E-state index is -0.251. The van der Waals surface area contributed by atoms with Crippen LogP contribution in [0.5, 0.6) is 11.5 Å². The maximum atomic E-state index is 12.4. The van der Waals surface area contributed by atoms with Gasteiger partial charge in [0, 0.05) is 18.8 Å². The Kier molecular flexibility index (Phi) is 7.09. The second-order valence-corrected chi connectivity index (χ2v) is 9.21. The molecular weight excluding hydrogens is 424 g/mol. The van der Waals surface area contributed by atoms with Gasteiger partial charge in [-0.25, -0.2) is 0 Å². The highest BCUT2D eigenvalue weighted by molar-refractivity contribution is 6.34. The van der Waals surface area contributed by atoms with Crippen LogP contribution < -0.4 is 9.47 Å². The molecule has 0 N–H and O–H groups in total. The van der Waals surface area contributed by atoms with Gasteiger partial charge in [0.2, 0.25) is 5.78 Å². The molecule has 0 bridgehead atoms. The number of methoxy groups -OCH3 is 1. The van der Waals surface area contributed by atoms with Crippen molar-refractivity contribution in [2.75, 3.05) is 7.11 Å². The predicted octanol–water partition coefficient (Wildman–Crippen LogP) is 6.16. The van der Waals surface area contributed by atoms with Gasteiger partial charge in [-0.1, -0.05) is 56.6 Å². The van der Waals surface area contributed by atoms with E-state index in [1.54, 1.807) is 26.4 Å². The van der Waals surface area contributed by atoms with Crippen LogP contribution in [0.4, 0.5) is 0 Å². The molecule has 0 aliphatic carbocycles. The minimum Gasteiger partial charge on any atom is -0.496 e. The normalized spacial score (nSPS) is 11.7. The van der Waals surface area contributed by atoms with Gasteiger partial charge in [-0.15, -0.1) is 0 Å². The summed E-state index contributed by atoms with van der Waals surface area (Å²) in [5.41, 5.74) is 4.23. The lowest BCUT2D eigenvalue weighted by Crippen LogP contribution is -2.13. The Balaban J connectivity index is 1.83. The molecule has 0 saturated carbocycles. The van der Waals surface area contributed by atoms with Crippen LogP contribution in [0.3, 0.4) is 0 Å². The lowest BCUT2D eigenvalue weighted by molar-refractivity contribution is 0.104. The standard InChI is InChI=1S/C26H29ClN2O3/c1-17-7-10-20(26(2,3)4)24(13-17)32-16-19-14-18(9-12-23(19)31-6)8-11-22(30)25-21(27)15-29(5)28-25/h7-15H,16H2,1-6H3/b11-8+. The highest BCUT2D eigenvalue weighted by Crippen LogP contribution is 2.33. The van der Waals surface area contributed by atoms with Crippen LogP contribution in [0.25, 0.3) is 6.08 Å². The van der Waals surface area contributed by atoms with Crippen LogP contribution in [0.2, 0.25) is 5.02 Å². The zero-order valence-electron chi connectivity index (χ0n) is 19.4. The summed E-state index contributed by atoms with van der Waals surface area (Å²) in [6.07, 6.45) is 4.81. The number of benzene rings is 2. The molecule has 2 aromatic carbocycles. The monoisotopic (exact) mass is 452 g/mol. The average Bonchev–Trinajstić information content (AvgIpc) is 3.07. The summed E-state index contributed by atoms with van der Waals surface area (Å²) in [6.45, 7) is 8.90. The molecule has 1 heterocycles. The largest absolute Gasteiger partial charge is 0.496 e. The number of aromatic nitrogens is 2. The molecule has 5 nitrogen and oxygen atoms in total. The first kappa shape index (κ1) is 23.6. The number of halogens is 1. The minimum absolute atomic E-state index is 0.0369. The number of rotatable bonds is 7. The first-order valence-electron chi connectivity index (χ1n) is 10.4. The van der Waals surface area contributed by atoms with E-state index in [9.17, 15) is 4.79 Å². The molecule has 0 atom stereocenters. The number of nitrogens with zero attached hydrogens (tertiary/aromatic N) is 2. The Morgan fingerprint density at radius 1 is 1.16 bits per heavy atom. The van der Waals surface area contributed by atoms with E-state index >= 15 is 0 Å². The molecule has 3 rings (SSSR count). The first-order chi connectivity index (χ1) is 15.1. The van der Waals surface area contributed by atoms with Gasteiger partial charge >= 0.3 is 0 Å². The van der Waals surface area contributed by atoms with Gasteiger partial charge in [-0.3, -0.25) is 9.48 Å². The average molecular weight is 453 g/mol. The Labute approximate surface area is 194 Å². The van der Waals surface area contributed by atoms with E-state index in [2.05, 4.69) is 51.0 Å². The van der Waals surface area contributed by atoms with Gasteiger partial charge < -0.3 is 9.47 Å². The summed E-state index contributed by atoms with van der Waals surface area (Å²) in [4.78, 5) is 12.4. The highest BCUT2D eigenvalue weighted by Gasteiger charge is 2.19. The fraction of sp³-hybridized carbons (Fsp3) is 0.308. The van der Waals surface area contributed by atoms with E-state index in [1.165, 1.54) is 10.8 Å². The number of hydrogen-bond donors (Lipinski definition) is 0. The highest BCUT2D eigenvalue weighted by atomic mass is 35.5. The van der Waals surface area contributed by atoms with Crippen molar-refractivity contribution >= 4 is 23.5 Å². The Hall–Kier alpha value is -3.05. The summed E-state index contributed by atoms with van der Waals surface area (Å²) in [5, 5.41) is 4.44. The molecule has 1 aromatic heterocycles. The summed E-state index contributed by atoms with van der Waals surface area (Å²) >= 11 is 6.07. The van der Waals surface area contributed by atoms with Crippen LogP contribution >= 0.6 is 11.6 Å². The number of ketones is 1. The van der Waals surface area contributed by atoms with Crippen molar-refractivity contribution in [1.29, 1.82) is 0 Å². The molecule has 0 amide bonds. The predicted molar refractivity (Wildman–Crippen MR) is 129 cm³/mol. The second-order valence-electron chi connectivity index (χ2n) is 8.81. The molecule has 0 spiro atoms. The van der Waals surface area contributed by atoms with Crippen molar-refractivity contribution in [2.24, 2.45) is 7.05 Å². The maximum absolute atomic E-state index is 12.4. The summed E-state index contributed by atoms with van der Waals surface area (Å²) in [5.74, 6) is 1.34. The van der Waals surface area contributed by atoms with E-state index in [-0.39, 0.29) is 16.9 Å². The molecule has 0 radical (unpaired) electrons. The van der Waals surface area contributed by atoms with Crippen molar-refractivity contribution in [3.05, 3.63) is 81.6 Å². The zero-order chi connectivity index (χ0) is 23.5. The summed E-state index contributed by atoms with van der Waals surface area (Å²) < 4.78 is 13.3. The third-order valence-electron chi connectivity index (χ3n) is 5.08. The van der Waals surface area contributed by atoms with Crippen LogP contribution in [-0.2, 0) is 19.1 Å². The summed E-state index contributed by atoms with van der Waals surface area (Å²) in [7, 11) is 3.36. The van der Waals surface area contributed by atoms with Crippen LogP contribution in [0.1, 0.15) is 53.5 Å². The van der Waals surface area contributed by atoms with Gasteiger partial charge in [-0.05, 0) is 53.3 Å². The van der Waals surface area contributed by atoms with E-state index in [0.29, 0.717) is 11.6 Å². The van der Waals surface area contributed by atoms with Crippen molar-refractivity contribution < 1.29 is 14.3 Å². The molecule has 0 aliphatic rings. The van der Waals surface area contributed by atoms with Crippen molar-refractivity contribution in [2.45, 2.75) is 39.7 Å². The van der Waals surface area contributed by atoms with Crippen molar-refractivity contribution in [3.63, 3.8) is 0 Å². The summed E-state index contributed by atoms with van der Waals surface area (Å²) in [6, 6.07) is 12.0. The van der Waals surface area contributed by atoms with Gasteiger partial charge in [0.25, 0.3) is 0 Å². The van der Waals surface area contributed by atoms with E-state index in [0.717, 1.165) is 33.8 Å². The van der Waals surface area contributed by atoms with Crippen molar-refractivity contribution in [3.8, 4) is 11.5 Å². The van der Waals surface area contributed by atoms with E-state index in [1.807, 2.05) is 18.2 Å². The molecule has 3 aromatic rings. The van der Waals surface area contributed by atoms with Gasteiger partial charge in [0.15, 0.2) is 5.69 Å². The van der Waals surface area contributed by atoms with E-state index < -0.39 is 0 Å². The Morgan fingerprint density at radius 2 is 1.91 bits per heavy atom. The zero-order valence-corrected chi connectivity index (χ0v) is 20.2. The lowest BCUT2D eigenvalue weighted by atomic mass is 9.86. The molecular formula is C26H29ClN2O3. The quantitative estimate of drug-likeness (QED) is 0.318. The smallest absolute Gasteiger partial charge is 0.207 e. The fourth-order valence-corrected chi connectivity index (χ4v) is 3.69. The first-order valence-corrected chi connectivity index (χ1v) is 10.8.